The molecule has 0 spiro atoms. The molecule has 0 aliphatic rings. The summed E-state index contributed by atoms with van der Waals surface area (Å²) in [6.07, 6.45) is 0. The Morgan fingerprint density at radius 1 is 0.237 bits per heavy atom. The smallest absolute Gasteiger partial charge is 0.00203 e. The molecule has 9 aromatic carbocycles. The predicted molar refractivity (Wildman–Crippen MR) is 165 cm³/mol. The van der Waals surface area contributed by atoms with E-state index in [1.54, 1.807) is 0 Å². The summed E-state index contributed by atoms with van der Waals surface area (Å²) >= 11 is 0. The molecule has 0 amide bonds. The molecule has 0 N–H and O–H groups in total. The number of hydrogen-bond donors (Lipinski definition) is 0. The van der Waals surface area contributed by atoms with Gasteiger partial charge in [0, 0.05) is 0 Å². The lowest BCUT2D eigenvalue weighted by molar-refractivity contribution is 1.66. The Balaban J connectivity index is 1.40. The molecule has 0 unspecified atom stereocenters. The van der Waals surface area contributed by atoms with Crippen LogP contribution in [0, 0.1) is 0 Å². The first-order valence-electron chi connectivity index (χ1n) is 13.3. The fourth-order valence-electron chi connectivity index (χ4n) is 6.88. The molecule has 0 atom stereocenters. The van der Waals surface area contributed by atoms with E-state index in [1.807, 2.05) is 0 Å². The van der Waals surface area contributed by atoms with Gasteiger partial charge in [-0.1, -0.05) is 133 Å². The minimum Gasteiger partial charge on any atom is -0.0622 e. The van der Waals surface area contributed by atoms with Crippen LogP contribution in [0.4, 0.5) is 0 Å². The van der Waals surface area contributed by atoms with E-state index in [9.17, 15) is 0 Å². The van der Waals surface area contributed by atoms with Crippen LogP contribution in [-0.2, 0) is 0 Å². The number of rotatable bonds is 2. The zero-order chi connectivity index (χ0) is 24.8. The van der Waals surface area contributed by atoms with Crippen LogP contribution in [0.2, 0.25) is 0 Å². The molecule has 9 rings (SSSR count). The van der Waals surface area contributed by atoms with Gasteiger partial charge >= 0.3 is 0 Å². The Bertz CT molecular complexity index is 2310. The van der Waals surface area contributed by atoms with Gasteiger partial charge in [-0.25, -0.2) is 0 Å². The molecule has 9 aromatic rings. The van der Waals surface area contributed by atoms with Crippen molar-refractivity contribution < 1.29 is 0 Å². The second kappa shape index (κ2) is 7.31. The summed E-state index contributed by atoms with van der Waals surface area (Å²) < 4.78 is 0. The van der Waals surface area contributed by atoms with Crippen LogP contribution in [0.25, 0.3) is 86.9 Å². The summed E-state index contributed by atoms with van der Waals surface area (Å²) in [6, 6.07) is 49.6. The van der Waals surface area contributed by atoms with E-state index in [-0.39, 0.29) is 0 Å². The van der Waals surface area contributed by atoms with Crippen molar-refractivity contribution in [3.05, 3.63) is 133 Å². The van der Waals surface area contributed by atoms with Crippen molar-refractivity contribution in [2.75, 3.05) is 0 Å². The largest absolute Gasteiger partial charge is 0.0622 e. The fourth-order valence-corrected chi connectivity index (χ4v) is 6.88. The van der Waals surface area contributed by atoms with Crippen LogP contribution in [0.1, 0.15) is 0 Å². The van der Waals surface area contributed by atoms with Gasteiger partial charge in [-0.05, 0) is 86.9 Å². The van der Waals surface area contributed by atoms with Crippen LogP contribution in [0.3, 0.4) is 0 Å². The summed E-state index contributed by atoms with van der Waals surface area (Å²) in [5.41, 5.74) is 5.16. The van der Waals surface area contributed by atoms with E-state index in [0.717, 1.165) is 0 Å². The highest BCUT2D eigenvalue weighted by Crippen LogP contribution is 2.45. The van der Waals surface area contributed by atoms with Crippen LogP contribution in [-0.4, -0.2) is 0 Å². The van der Waals surface area contributed by atoms with Crippen molar-refractivity contribution in [1.29, 1.82) is 0 Å². The molecule has 174 valence electrons. The maximum Gasteiger partial charge on any atom is -0.00203 e. The van der Waals surface area contributed by atoms with Crippen molar-refractivity contribution in [3.63, 3.8) is 0 Å². The SMILES string of the molecule is c1ccc(-c2ccc3ccc4c(-c5ccc6ccc7cccc8ccc5c6c78)ccc5ccc2c3c54)cc1. The topological polar surface area (TPSA) is 0 Å². The summed E-state index contributed by atoms with van der Waals surface area (Å²) in [4.78, 5) is 0. The van der Waals surface area contributed by atoms with Crippen molar-refractivity contribution >= 4 is 64.6 Å². The summed E-state index contributed by atoms with van der Waals surface area (Å²) in [5, 5.41) is 15.9. The standard InChI is InChI=1S/C38H22/c1-2-5-23(6-3-1)29-17-11-27-16-22-34-31(19-13-28-15-20-32(29)37(27)38(28)34)30-18-12-26-10-9-24-7-4-8-25-14-21-33(30)36(26)35(24)25/h1-22H. The average molecular weight is 479 g/mol. The first kappa shape index (κ1) is 20.2. The van der Waals surface area contributed by atoms with E-state index in [2.05, 4.69) is 133 Å². The van der Waals surface area contributed by atoms with E-state index >= 15 is 0 Å². The second-order valence-electron chi connectivity index (χ2n) is 10.5. The van der Waals surface area contributed by atoms with E-state index in [1.165, 1.54) is 86.9 Å². The fraction of sp³-hybridized carbons (Fsp3) is 0. The maximum atomic E-state index is 2.33. The van der Waals surface area contributed by atoms with Crippen LogP contribution < -0.4 is 0 Å². The monoisotopic (exact) mass is 478 g/mol. The van der Waals surface area contributed by atoms with Gasteiger partial charge in [0.15, 0.2) is 0 Å². The molecular weight excluding hydrogens is 456 g/mol. The molecule has 0 radical (unpaired) electrons. The van der Waals surface area contributed by atoms with Gasteiger partial charge in [-0.15, -0.1) is 0 Å². The Kier molecular flexibility index (Phi) is 3.88. The minimum absolute atomic E-state index is 1.26. The van der Waals surface area contributed by atoms with Crippen molar-refractivity contribution in [2.24, 2.45) is 0 Å². The van der Waals surface area contributed by atoms with Crippen LogP contribution >= 0.6 is 0 Å². The highest BCUT2D eigenvalue weighted by atomic mass is 14.2. The molecule has 0 saturated heterocycles. The molecule has 38 heavy (non-hydrogen) atoms. The Morgan fingerprint density at radius 3 is 1.18 bits per heavy atom. The van der Waals surface area contributed by atoms with Crippen LogP contribution in [0.5, 0.6) is 0 Å². The Morgan fingerprint density at radius 2 is 0.632 bits per heavy atom. The zero-order valence-corrected chi connectivity index (χ0v) is 20.7. The first-order chi connectivity index (χ1) is 18.8. The molecule has 0 nitrogen and oxygen atoms in total. The Hall–Kier alpha value is -4.94. The molecule has 0 heteroatoms. The van der Waals surface area contributed by atoms with E-state index in [4.69, 9.17) is 0 Å². The summed E-state index contributed by atoms with van der Waals surface area (Å²) in [7, 11) is 0. The lowest BCUT2D eigenvalue weighted by atomic mass is 9.85. The zero-order valence-electron chi connectivity index (χ0n) is 20.7. The minimum atomic E-state index is 1.26. The quantitative estimate of drug-likeness (QED) is 0.217. The molecule has 0 heterocycles. The van der Waals surface area contributed by atoms with Gasteiger partial charge in [0.25, 0.3) is 0 Å². The number of benzene rings is 9. The van der Waals surface area contributed by atoms with Gasteiger partial charge in [0.2, 0.25) is 0 Å². The summed E-state index contributed by atoms with van der Waals surface area (Å²) in [5.74, 6) is 0. The van der Waals surface area contributed by atoms with Gasteiger partial charge in [-0.3, -0.25) is 0 Å². The van der Waals surface area contributed by atoms with Crippen LogP contribution in [0.15, 0.2) is 133 Å². The lowest BCUT2D eigenvalue weighted by Crippen LogP contribution is -1.91. The summed E-state index contributed by atoms with van der Waals surface area (Å²) in [6.45, 7) is 0. The third kappa shape index (κ3) is 2.59. The van der Waals surface area contributed by atoms with E-state index in [0.29, 0.717) is 0 Å². The third-order valence-corrected chi connectivity index (χ3v) is 8.57. The third-order valence-electron chi connectivity index (χ3n) is 8.57. The second-order valence-corrected chi connectivity index (χ2v) is 10.5. The van der Waals surface area contributed by atoms with E-state index < -0.39 is 0 Å². The Labute approximate surface area is 220 Å². The highest BCUT2D eigenvalue weighted by molar-refractivity contribution is 6.30. The van der Waals surface area contributed by atoms with Crippen molar-refractivity contribution in [3.8, 4) is 22.3 Å². The van der Waals surface area contributed by atoms with Gasteiger partial charge in [0.1, 0.15) is 0 Å². The molecule has 0 aromatic heterocycles. The number of hydrogen-bond acceptors (Lipinski definition) is 0. The lowest BCUT2D eigenvalue weighted by Gasteiger charge is -2.18. The first-order valence-corrected chi connectivity index (χ1v) is 13.3. The average Bonchev–Trinajstić information content (AvgIpc) is 2.99. The molecule has 0 aliphatic carbocycles. The highest BCUT2D eigenvalue weighted by Gasteiger charge is 2.17. The molecule has 0 bridgehead atoms. The van der Waals surface area contributed by atoms with Crippen molar-refractivity contribution in [1.82, 2.24) is 0 Å². The maximum absolute atomic E-state index is 2.33. The molecule has 0 fully saturated rings. The van der Waals surface area contributed by atoms with Gasteiger partial charge in [0.05, 0.1) is 0 Å². The van der Waals surface area contributed by atoms with Gasteiger partial charge < -0.3 is 0 Å². The molecular formula is C38H22. The molecule has 0 aliphatic heterocycles. The van der Waals surface area contributed by atoms with Crippen molar-refractivity contribution in [2.45, 2.75) is 0 Å². The predicted octanol–water partition coefficient (Wildman–Crippen LogP) is 10.8. The molecule has 0 saturated carbocycles. The van der Waals surface area contributed by atoms with Gasteiger partial charge in [-0.2, -0.15) is 0 Å². The normalized spacial score (nSPS) is 12.2.